The van der Waals surface area contributed by atoms with E-state index in [1.807, 2.05) is 13.8 Å². The first-order valence-corrected chi connectivity index (χ1v) is 14.4. The predicted octanol–water partition coefficient (Wildman–Crippen LogP) is 11.1. The topological polar surface area (TPSA) is 15.8 Å². The number of rotatable bonds is 2. The first-order chi connectivity index (χ1) is 19.6. The summed E-state index contributed by atoms with van der Waals surface area (Å²) in [5, 5.41) is 5.08. The maximum atomic E-state index is 3.75. The van der Waals surface area contributed by atoms with Crippen molar-refractivity contribution in [2.75, 3.05) is 0 Å². The Hall–Kier alpha value is -4.62. The molecule has 1 nitrogen and oxygen atoms in total. The summed E-state index contributed by atoms with van der Waals surface area (Å²) >= 11 is 0. The summed E-state index contributed by atoms with van der Waals surface area (Å²) in [6, 6.07) is 44.7. The molecule has 0 unspecified atom stereocenters. The van der Waals surface area contributed by atoms with Crippen molar-refractivity contribution in [3.63, 3.8) is 0 Å². The molecule has 0 radical (unpaired) electrons. The van der Waals surface area contributed by atoms with Crippen LogP contribution in [-0.4, -0.2) is 4.98 Å². The Morgan fingerprint density at radius 1 is 0.475 bits per heavy atom. The van der Waals surface area contributed by atoms with E-state index in [1.165, 1.54) is 77.1 Å². The van der Waals surface area contributed by atoms with Crippen LogP contribution in [0.5, 0.6) is 0 Å². The minimum absolute atomic E-state index is 0.0301. The number of H-pyrrole nitrogens is 1. The molecule has 0 saturated carbocycles. The molecule has 6 aromatic carbocycles. The van der Waals surface area contributed by atoms with E-state index in [-0.39, 0.29) is 5.41 Å². The highest BCUT2D eigenvalue weighted by atomic mass is 14.7. The van der Waals surface area contributed by atoms with Gasteiger partial charge in [-0.2, -0.15) is 0 Å². The van der Waals surface area contributed by atoms with Gasteiger partial charge < -0.3 is 4.98 Å². The Morgan fingerprint density at radius 3 is 1.98 bits per heavy atom. The molecule has 1 heterocycles. The van der Waals surface area contributed by atoms with Gasteiger partial charge in [0.05, 0.1) is 5.52 Å². The smallest absolute Gasteiger partial charge is 0.0544 e. The second kappa shape index (κ2) is 9.24. The number of para-hydroxylation sites is 1. The fourth-order valence-electron chi connectivity index (χ4n) is 6.62. The molecule has 194 valence electrons. The third kappa shape index (κ3) is 3.62. The lowest BCUT2D eigenvalue weighted by molar-refractivity contribution is 0.660. The normalized spacial score (nSPS) is 13.2. The Bertz CT molecular complexity index is 2050. The average molecular weight is 516 g/mol. The molecule has 40 heavy (non-hydrogen) atoms. The van der Waals surface area contributed by atoms with Crippen molar-refractivity contribution in [1.82, 2.24) is 4.98 Å². The number of hydrogen-bond acceptors (Lipinski definition) is 0. The van der Waals surface area contributed by atoms with Crippen molar-refractivity contribution in [2.45, 2.75) is 33.1 Å². The lowest BCUT2D eigenvalue weighted by Gasteiger charge is -2.21. The molecule has 7 aromatic rings. The molecule has 0 fully saturated rings. The summed E-state index contributed by atoms with van der Waals surface area (Å²) < 4.78 is 0. The Balaban J connectivity index is 0.00000130. The standard InChI is InChI=1S/C37H27N.C2H6/c1-37(2)33-16-6-5-13-29(33)31-20-26(17-18-34(31)37)23-11-7-12-27(19-23)28-14-8-15-30-32-21-24-9-3-4-10-25(24)22-35(32)38-36(28)30;1-2/h3-22,38H,1-2H3;1-2H3. The summed E-state index contributed by atoms with van der Waals surface area (Å²) in [7, 11) is 0. The molecule has 0 atom stereocenters. The molecule has 0 saturated heterocycles. The van der Waals surface area contributed by atoms with Crippen LogP contribution in [0.4, 0.5) is 0 Å². The van der Waals surface area contributed by atoms with Crippen LogP contribution in [0.15, 0.2) is 121 Å². The zero-order valence-electron chi connectivity index (χ0n) is 23.5. The van der Waals surface area contributed by atoms with E-state index in [0.29, 0.717) is 0 Å². The van der Waals surface area contributed by atoms with Crippen LogP contribution in [0, 0.1) is 0 Å². The number of nitrogens with one attached hydrogen (secondary N) is 1. The summed E-state index contributed by atoms with van der Waals surface area (Å²) in [6.07, 6.45) is 0. The van der Waals surface area contributed by atoms with Gasteiger partial charge in [0, 0.05) is 27.3 Å². The highest BCUT2D eigenvalue weighted by molar-refractivity contribution is 6.15. The molecular weight excluding hydrogens is 482 g/mol. The van der Waals surface area contributed by atoms with Gasteiger partial charge in [0.2, 0.25) is 0 Å². The predicted molar refractivity (Wildman–Crippen MR) is 173 cm³/mol. The van der Waals surface area contributed by atoms with E-state index in [9.17, 15) is 0 Å². The van der Waals surface area contributed by atoms with Crippen molar-refractivity contribution in [2.24, 2.45) is 0 Å². The van der Waals surface area contributed by atoms with Crippen molar-refractivity contribution < 1.29 is 0 Å². The lowest BCUT2D eigenvalue weighted by Crippen LogP contribution is -2.14. The zero-order valence-corrected chi connectivity index (χ0v) is 23.5. The van der Waals surface area contributed by atoms with Crippen LogP contribution in [-0.2, 0) is 5.41 Å². The van der Waals surface area contributed by atoms with Crippen LogP contribution in [0.1, 0.15) is 38.8 Å². The highest BCUT2D eigenvalue weighted by Gasteiger charge is 2.35. The highest BCUT2D eigenvalue weighted by Crippen LogP contribution is 2.49. The van der Waals surface area contributed by atoms with Crippen molar-refractivity contribution in [1.29, 1.82) is 0 Å². The van der Waals surface area contributed by atoms with E-state index in [1.54, 1.807) is 0 Å². The molecule has 1 aliphatic rings. The molecule has 1 heteroatoms. The van der Waals surface area contributed by atoms with Gasteiger partial charge >= 0.3 is 0 Å². The summed E-state index contributed by atoms with van der Waals surface area (Å²) in [5.74, 6) is 0. The van der Waals surface area contributed by atoms with Crippen LogP contribution in [0.25, 0.3) is 66.0 Å². The maximum absolute atomic E-state index is 3.75. The third-order valence-corrected chi connectivity index (χ3v) is 8.59. The van der Waals surface area contributed by atoms with Gasteiger partial charge in [-0.05, 0) is 74.0 Å². The van der Waals surface area contributed by atoms with Gasteiger partial charge in [0.1, 0.15) is 0 Å². The fraction of sp³-hybridized carbons (Fsp3) is 0.128. The molecule has 1 N–H and O–H groups in total. The van der Waals surface area contributed by atoms with Gasteiger partial charge in [-0.15, -0.1) is 0 Å². The van der Waals surface area contributed by atoms with Crippen LogP contribution >= 0.6 is 0 Å². The Morgan fingerprint density at radius 2 is 1.12 bits per heavy atom. The van der Waals surface area contributed by atoms with Gasteiger partial charge in [0.15, 0.2) is 0 Å². The summed E-state index contributed by atoms with van der Waals surface area (Å²) in [4.78, 5) is 3.75. The number of fused-ring (bicyclic) bond motifs is 7. The van der Waals surface area contributed by atoms with E-state index < -0.39 is 0 Å². The van der Waals surface area contributed by atoms with E-state index in [0.717, 1.165) is 0 Å². The molecule has 1 aromatic heterocycles. The minimum atomic E-state index is 0.0301. The van der Waals surface area contributed by atoms with E-state index in [4.69, 9.17) is 0 Å². The van der Waals surface area contributed by atoms with E-state index >= 15 is 0 Å². The second-order valence-corrected chi connectivity index (χ2v) is 11.1. The second-order valence-electron chi connectivity index (χ2n) is 11.1. The maximum Gasteiger partial charge on any atom is 0.0544 e. The SMILES string of the molecule is CC.CC1(C)c2ccccc2-c2cc(-c3cccc(-c4cccc5c4[nH]c4cc6ccccc6cc45)c3)ccc21. The van der Waals surface area contributed by atoms with Crippen molar-refractivity contribution >= 4 is 32.6 Å². The summed E-state index contributed by atoms with van der Waals surface area (Å²) in [6.45, 7) is 8.67. The first-order valence-electron chi connectivity index (χ1n) is 14.4. The number of aromatic amines is 1. The molecule has 0 bridgehead atoms. The van der Waals surface area contributed by atoms with Gasteiger partial charge in [-0.1, -0.05) is 125 Å². The van der Waals surface area contributed by atoms with Gasteiger partial charge in [-0.25, -0.2) is 0 Å². The minimum Gasteiger partial charge on any atom is -0.354 e. The Labute approximate surface area is 236 Å². The molecule has 0 aliphatic heterocycles. The first kappa shape index (κ1) is 24.4. The van der Waals surface area contributed by atoms with Crippen molar-refractivity contribution in [3.8, 4) is 33.4 Å². The summed E-state index contributed by atoms with van der Waals surface area (Å²) in [5.41, 5.74) is 12.9. The number of hydrogen-bond donors (Lipinski definition) is 1. The number of aromatic nitrogens is 1. The van der Waals surface area contributed by atoms with E-state index in [2.05, 4.69) is 140 Å². The molecule has 0 spiro atoms. The lowest BCUT2D eigenvalue weighted by atomic mass is 9.82. The molecule has 1 aliphatic carbocycles. The average Bonchev–Trinajstić information content (AvgIpc) is 3.48. The molecule has 8 rings (SSSR count). The largest absolute Gasteiger partial charge is 0.354 e. The van der Waals surface area contributed by atoms with Gasteiger partial charge in [-0.3, -0.25) is 0 Å². The van der Waals surface area contributed by atoms with Crippen LogP contribution in [0.3, 0.4) is 0 Å². The molecule has 0 amide bonds. The Kier molecular flexibility index (Phi) is 5.64. The third-order valence-electron chi connectivity index (χ3n) is 8.59. The van der Waals surface area contributed by atoms with Crippen molar-refractivity contribution in [3.05, 3.63) is 132 Å². The fourth-order valence-corrected chi connectivity index (χ4v) is 6.62. The number of benzene rings is 6. The van der Waals surface area contributed by atoms with Crippen LogP contribution < -0.4 is 0 Å². The monoisotopic (exact) mass is 515 g/mol. The molecular formula is C39H33N. The van der Waals surface area contributed by atoms with Crippen LogP contribution in [0.2, 0.25) is 0 Å². The quantitative estimate of drug-likeness (QED) is 0.236. The zero-order chi connectivity index (χ0) is 27.4. The van der Waals surface area contributed by atoms with Gasteiger partial charge in [0.25, 0.3) is 0 Å².